The molecular formula is C4H8NNa3O6S3. The molecule has 4 unspecified atom stereocenters. The fraction of sp³-hybridized carbons (Fsp3) is 1.00. The van der Waals surface area contributed by atoms with E-state index < -0.39 is 50.4 Å². The number of rotatable bonds is 6. The summed E-state index contributed by atoms with van der Waals surface area (Å²) in [5.74, 6) is -1.27. The molecule has 0 aromatic rings. The summed E-state index contributed by atoms with van der Waals surface area (Å²) in [5.41, 5.74) is 0. The molecular weight excluding hydrogens is 323 g/mol. The van der Waals surface area contributed by atoms with Gasteiger partial charge in [-0.1, -0.05) is 0 Å². The van der Waals surface area contributed by atoms with E-state index in [0.717, 1.165) is 4.90 Å². The Balaban J connectivity index is -0.000000282. The van der Waals surface area contributed by atoms with Gasteiger partial charge in [-0.2, -0.15) is 0 Å². The Morgan fingerprint density at radius 1 is 0.941 bits per heavy atom. The van der Waals surface area contributed by atoms with Crippen LogP contribution in [-0.4, -0.2) is 48.3 Å². The smallest absolute Gasteiger partial charge is 0.771 e. The van der Waals surface area contributed by atoms with Gasteiger partial charge in [-0.05, 0) is 40.2 Å². The molecule has 0 aliphatic rings. The Bertz CT molecular complexity index is 253. The standard InChI is InChI=1S/C4H11NO6S3.3Na/c1-4(14(10)11)5(2-12(6)7)3-13(8)9;;;/h4H,2-3H2,1H3,(H,6,7)(H,8,9)(H,10,11);;;/q;3*+1/p-3. The third-order valence-electron chi connectivity index (χ3n) is 1.34. The van der Waals surface area contributed by atoms with Crippen LogP contribution in [0.15, 0.2) is 0 Å². The third kappa shape index (κ3) is 15.5. The molecule has 0 amide bonds. The van der Waals surface area contributed by atoms with Gasteiger partial charge in [-0.3, -0.25) is 17.5 Å². The van der Waals surface area contributed by atoms with Crippen LogP contribution in [0.1, 0.15) is 6.92 Å². The van der Waals surface area contributed by atoms with Crippen molar-refractivity contribution in [1.29, 1.82) is 0 Å². The van der Waals surface area contributed by atoms with E-state index in [4.69, 9.17) is 0 Å². The minimum atomic E-state index is -2.54. The summed E-state index contributed by atoms with van der Waals surface area (Å²) < 4.78 is 62.0. The number of nitrogens with zero attached hydrogens (tertiary/aromatic N) is 1. The van der Waals surface area contributed by atoms with Crippen molar-refractivity contribution in [2.45, 2.75) is 12.3 Å². The molecule has 0 radical (unpaired) electrons. The molecule has 4 atom stereocenters. The SMILES string of the molecule is CC(N(CS(=O)[O-])CS(=O)[O-])S(=O)[O-].[Na+].[Na+].[Na+]. The second-order valence-electron chi connectivity index (χ2n) is 2.31. The molecule has 86 valence electrons. The molecule has 0 rings (SSSR count). The van der Waals surface area contributed by atoms with Gasteiger partial charge in [0.25, 0.3) is 0 Å². The van der Waals surface area contributed by atoms with Crippen LogP contribution in [0.3, 0.4) is 0 Å². The second-order valence-corrected chi connectivity index (χ2v) is 5.25. The van der Waals surface area contributed by atoms with E-state index in [0.29, 0.717) is 0 Å². The van der Waals surface area contributed by atoms with E-state index in [1.165, 1.54) is 6.92 Å². The van der Waals surface area contributed by atoms with Gasteiger partial charge in [0.2, 0.25) is 0 Å². The summed E-state index contributed by atoms with van der Waals surface area (Å²) in [5, 5.41) is -1.16. The molecule has 0 aromatic carbocycles. The van der Waals surface area contributed by atoms with Gasteiger partial charge in [0.15, 0.2) is 0 Å². The van der Waals surface area contributed by atoms with Crippen molar-refractivity contribution in [2.75, 3.05) is 11.8 Å². The first-order valence-electron chi connectivity index (χ1n) is 3.28. The summed E-state index contributed by atoms with van der Waals surface area (Å²) in [6, 6.07) is 0. The Morgan fingerprint density at radius 2 is 1.24 bits per heavy atom. The summed E-state index contributed by atoms with van der Waals surface area (Å²) in [6.07, 6.45) is 0. The van der Waals surface area contributed by atoms with E-state index in [9.17, 15) is 26.3 Å². The molecule has 0 aliphatic heterocycles. The van der Waals surface area contributed by atoms with Crippen molar-refractivity contribution in [3.8, 4) is 0 Å². The maximum Gasteiger partial charge on any atom is 1.00 e. The topological polar surface area (TPSA) is 124 Å². The van der Waals surface area contributed by atoms with Gasteiger partial charge in [0.05, 0.1) is 17.1 Å². The van der Waals surface area contributed by atoms with E-state index in [2.05, 4.69) is 0 Å². The minimum absolute atomic E-state index is 0. The normalized spacial score (nSPS) is 16.8. The van der Waals surface area contributed by atoms with Crippen LogP contribution >= 0.6 is 0 Å². The Hall–Kier alpha value is 3.29. The summed E-state index contributed by atoms with van der Waals surface area (Å²) >= 11 is -7.58. The molecule has 0 saturated heterocycles. The largest absolute Gasteiger partial charge is 1.00 e. The maximum atomic E-state index is 10.5. The first kappa shape index (κ1) is 28.5. The van der Waals surface area contributed by atoms with Crippen molar-refractivity contribution >= 4 is 33.2 Å². The van der Waals surface area contributed by atoms with Gasteiger partial charge in [0.1, 0.15) is 0 Å². The Morgan fingerprint density at radius 3 is 1.41 bits per heavy atom. The van der Waals surface area contributed by atoms with Gasteiger partial charge in [-0.15, -0.1) is 0 Å². The summed E-state index contributed by atoms with van der Waals surface area (Å²) in [4.78, 5) is 0.801. The third-order valence-corrected chi connectivity index (χ3v) is 3.28. The van der Waals surface area contributed by atoms with Crippen molar-refractivity contribution in [3.05, 3.63) is 0 Å². The molecule has 0 fully saturated rings. The first-order valence-corrected chi connectivity index (χ1v) is 6.91. The van der Waals surface area contributed by atoms with Crippen LogP contribution in [0.25, 0.3) is 0 Å². The quantitative estimate of drug-likeness (QED) is 0.350. The molecule has 13 heteroatoms. The predicted octanol–water partition coefficient (Wildman–Crippen LogP) is -10.8. The molecule has 7 nitrogen and oxygen atoms in total. The van der Waals surface area contributed by atoms with Crippen LogP contribution in [0.5, 0.6) is 0 Å². The first-order chi connectivity index (χ1) is 6.34. The molecule has 17 heavy (non-hydrogen) atoms. The molecule has 0 N–H and O–H groups in total. The van der Waals surface area contributed by atoms with Crippen molar-refractivity contribution in [2.24, 2.45) is 0 Å². The summed E-state index contributed by atoms with van der Waals surface area (Å²) in [6.45, 7) is 1.20. The fourth-order valence-corrected chi connectivity index (χ4v) is 2.51. The average molecular weight is 331 g/mol. The molecule has 0 aromatic heterocycles. The van der Waals surface area contributed by atoms with Crippen LogP contribution in [0.4, 0.5) is 0 Å². The van der Waals surface area contributed by atoms with Crippen LogP contribution in [0, 0.1) is 0 Å². The zero-order chi connectivity index (χ0) is 11.3. The average Bonchev–Trinajstić information content (AvgIpc) is 1.99. The monoisotopic (exact) mass is 331 g/mol. The second kappa shape index (κ2) is 15.7. The molecule has 0 bridgehead atoms. The van der Waals surface area contributed by atoms with Crippen molar-refractivity contribution < 1.29 is 115 Å². The van der Waals surface area contributed by atoms with Crippen LogP contribution in [-0.2, 0) is 33.2 Å². The van der Waals surface area contributed by atoms with E-state index >= 15 is 0 Å². The molecule has 0 aliphatic carbocycles. The molecule has 0 saturated carbocycles. The van der Waals surface area contributed by atoms with Crippen molar-refractivity contribution in [1.82, 2.24) is 4.90 Å². The van der Waals surface area contributed by atoms with E-state index in [1.807, 2.05) is 0 Å². The molecule has 0 spiro atoms. The van der Waals surface area contributed by atoms with E-state index in [1.54, 1.807) is 0 Å². The predicted molar refractivity (Wildman–Crippen MR) is 47.8 cm³/mol. The Kier molecular flexibility index (Phi) is 26.2. The van der Waals surface area contributed by atoms with E-state index in [-0.39, 0.29) is 88.7 Å². The molecule has 0 heterocycles. The fourth-order valence-electron chi connectivity index (χ4n) is 0.640. The number of hydrogen-bond acceptors (Lipinski definition) is 7. The summed E-state index contributed by atoms with van der Waals surface area (Å²) in [7, 11) is 0. The minimum Gasteiger partial charge on any atom is -0.771 e. The van der Waals surface area contributed by atoms with Gasteiger partial charge >= 0.3 is 88.7 Å². The van der Waals surface area contributed by atoms with Gasteiger partial charge < -0.3 is 13.7 Å². The van der Waals surface area contributed by atoms with Crippen molar-refractivity contribution in [3.63, 3.8) is 0 Å². The number of hydrogen-bond donors (Lipinski definition) is 0. The zero-order valence-electron chi connectivity index (χ0n) is 10.1. The van der Waals surface area contributed by atoms with Gasteiger partial charge in [-0.25, -0.2) is 0 Å². The van der Waals surface area contributed by atoms with Crippen LogP contribution in [0.2, 0.25) is 0 Å². The van der Waals surface area contributed by atoms with Gasteiger partial charge in [0, 0.05) is 0 Å². The Labute approximate surface area is 174 Å². The van der Waals surface area contributed by atoms with Crippen LogP contribution < -0.4 is 88.7 Å². The maximum absolute atomic E-state index is 10.5. The zero-order valence-corrected chi connectivity index (χ0v) is 18.6.